The number of piperidine rings is 1. The number of amides is 1. The fourth-order valence-corrected chi connectivity index (χ4v) is 5.47. The van der Waals surface area contributed by atoms with Gasteiger partial charge in [0.25, 0.3) is 5.69 Å². The molecule has 0 aromatic heterocycles. The fraction of sp³-hybridized carbons (Fsp3) is 0.261. The molecule has 1 aliphatic rings. The van der Waals surface area contributed by atoms with Crippen LogP contribution < -0.4 is 5.32 Å². The Hall–Kier alpha value is -3.30. The van der Waals surface area contributed by atoms with Crippen molar-refractivity contribution in [1.29, 1.82) is 0 Å². The van der Waals surface area contributed by atoms with Gasteiger partial charge in [0.2, 0.25) is 15.9 Å². The quantitative estimate of drug-likeness (QED) is 0.462. The highest BCUT2D eigenvalue weighted by Gasteiger charge is 2.32. The second-order valence-corrected chi connectivity index (χ2v) is 9.89. The number of hydrogen-bond donors (Lipinski definition) is 1. The molecule has 0 bridgehead atoms. The first kappa shape index (κ1) is 21.9. The molecule has 0 radical (unpaired) electrons. The molecule has 1 N–H and O–H groups in total. The number of anilines is 1. The molecule has 8 nitrogen and oxygen atoms in total. The summed E-state index contributed by atoms with van der Waals surface area (Å²) in [4.78, 5) is 23.7. The number of nitrogens with one attached hydrogen (secondary N) is 1. The zero-order chi connectivity index (χ0) is 22.9. The molecule has 3 aromatic carbocycles. The molecule has 0 atom stereocenters. The van der Waals surface area contributed by atoms with E-state index in [1.807, 2.05) is 24.3 Å². The van der Waals surface area contributed by atoms with Crippen LogP contribution >= 0.6 is 0 Å². The number of rotatable bonds is 5. The van der Waals surface area contributed by atoms with E-state index in [2.05, 4.69) is 5.32 Å². The fourth-order valence-electron chi connectivity index (χ4n) is 3.97. The Bertz CT molecular complexity index is 1300. The number of sulfonamides is 1. The van der Waals surface area contributed by atoms with Crippen LogP contribution in [0.3, 0.4) is 0 Å². The average molecular weight is 454 g/mol. The Balaban J connectivity index is 1.44. The summed E-state index contributed by atoms with van der Waals surface area (Å²) in [6.45, 7) is 2.16. The van der Waals surface area contributed by atoms with Crippen LogP contribution in [0.1, 0.15) is 18.4 Å². The summed E-state index contributed by atoms with van der Waals surface area (Å²) >= 11 is 0. The molecule has 166 valence electrons. The highest BCUT2D eigenvalue weighted by Crippen LogP contribution is 2.29. The van der Waals surface area contributed by atoms with Gasteiger partial charge in [-0.2, -0.15) is 4.31 Å². The molecule has 0 unspecified atom stereocenters. The number of carbonyl (C=O) groups excluding carboxylic acids is 1. The monoisotopic (exact) mass is 453 g/mol. The number of nitrogens with zero attached hydrogens (tertiary/aromatic N) is 2. The maximum Gasteiger partial charge on any atom is 0.293 e. The average Bonchev–Trinajstić information content (AvgIpc) is 2.79. The second-order valence-electron chi connectivity index (χ2n) is 7.95. The summed E-state index contributed by atoms with van der Waals surface area (Å²) in [7, 11) is -3.67. The maximum absolute atomic E-state index is 13.1. The molecule has 1 saturated heterocycles. The van der Waals surface area contributed by atoms with Gasteiger partial charge in [0.15, 0.2) is 0 Å². The maximum atomic E-state index is 13.1. The third kappa shape index (κ3) is 4.35. The zero-order valence-electron chi connectivity index (χ0n) is 17.5. The largest absolute Gasteiger partial charge is 0.320 e. The van der Waals surface area contributed by atoms with Gasteiger partial charge < -0.3 is 5.32 Å². The molecule has 32 heavy (non-hydrogen) atoms. The van der Waals surface area contributed by atoms with Gasteiger partial charge in [-0.1, -0.05) is 36.4 Å². The van der Waals surface area contributed by atoms with E-state index in [0.29, 0.717) is 12.8 Å². The van der Waals surface area contributed by atoms with E-state index in [1.54, 1.807) is 31.2 Å². The summed E-state index contributed by atoms with van der Waals surface area (Å²) in [5.41, 5.74) is 0.716. The van der Waals surface area contributed by atoms with Crippen molar-refractivity contribution in [2.24, 2.45) is 5.92 Å². The lowest BCUT2D eigenvalue weighted by Crippen LogP contribution is -2.41. The number of aryl methyl sites for hydroxylation is 1. The lowest BCUT2D eigenvalue weighted by atomic mass is 9.97. The van der Waals surface area contributed by atoms with Crippen molar-refractivity contribution >= 4 is 38.1 Å². The Morgan fingerprint density at radius 3 is 2.41 bits per heavy atom. The van der Waals surface area contributed by atoms with Crippen molar-refractivity contribution in [2.45, 2.75) is 24.7 Å². The van der Waals surface area contributed by atoms with Gasteiger partial charge in [0, 0.05) is 25.1 Å². The van der Waals surface area contributed by atoms with Gasteiger partial charge in [-0.05, 0) is 54.3 Å². The summed E-state index contributed by atoms with van der Waals surface area (Å²) < 4.78 is 27.6. The minimum Gasteiger partial charge on any atom is -0.320 e. The first-order chi connectivity index (χ1) is 15.3. The third-order valence-corrected chi connectivity index (χ3v) is 7.69. The van der Waals surface area contributed by atoms with Crippen molar-refractivity contribution in [3.8, 4) is 0 Å². The van der Waals surface area contributed by atoms with Gasteiger partial charge in [0.05, 0.1) is 9.82 Å². The molecule has 0 aliphatic carbocycles. The van der Waals surface area contributed by atoms with Crippen molar-refractivity contribution in [3.63, 3.8) is 0 Å². The van der Waals surface area contributed by atoms with Gasteiger partial charge >= 0.3 is 0 Å². The highest BCUT2D eigenvalue weighted by atomic mass is 32.2. The van der Waals surface area contributed by atoms with Crippen LogP contribution in [0.4, 0.5) is 11.4 Å². The number of benzene rings is 3. The lowest BCUT2D eigenvalue weighted by Gasteiger charge is -2.30. The van der Waals surface area contributed by atoms with E-state index in [0.717, 1.165) is 16.3 Å². The SMILES string of the molecule is Cc1ccc(NC(=O)C2CCN(S(=O)(=O)c3ccc4ccccc4c3)CC2)c([N+](=O)[O-])c1. The third-order valence-electron chi connectivity index (χ3n) is 5.79. The van der Waals surface area contributed by atoms with Crippen LogP contribution in [0.15, 0.2) is 65.6 Å². The molecule has 1 heterocycles. The first-order valence-corrected chi connectivity index (χ1v) is 11.7. The van der Waals surface area contributed by atoms with Crippen molar-refractivity contribution < 1.29 is 18.1 Å². The number of nitro groups is 1. The molecule has 0 spiro atoms. The predicted molar refractivity (Wildman–Crippen MR) is 122 cm³/mol. The number of carbonyl (C=O) groups is 1. The predicted octanol–water partition coefficient (Wildman–Crippen LogP) is 4.10. The number of fused-ring (bicyclic) bond motifs is 1. The van der Waals surface area contributed by atoms with Crippen LogP contribution in [0.5, 0.6) is 0 Å². The normalized spacial score (nSPS) is 15.5. The molecule has 1 fully saturated rings. The van der Waals surface area contributed by atoms with Crippen LogP contribution in [0, 0.1) is 23.0 Å². The number of hydrogen-bond acceptors (Lipinski definition) is 5. The molecule has 3 aromatic rings. The summed E-state index contributed by atoms with van der Waals surface area (Å²) in [5.74, 6) is -0.751. The minimum absolute atomic E-state index is 0.150. The Labute approximate surface area is 186 Å². The van der Waals surface area contributed by atoms with E-state index in [-0.39, 0.29) is 35.3 Å². The Morgan fingerprint density at radius 2 is 1.72 bits per heavy atom. The van der Waals surface area contributed by atoms with Gasteiger partial charge in [-0.3, -0.25) is 14.9 Å². The summed E-state index contributed by atoms with van der Waals surface area (Å²) in [5, 5.41) is 15.7. The topological polar surface area (TPSA) is 110 Å². The second kappa shape index (κ2) is 8.68. The molecule has 4 rings (SSSR count). The van der Waals surface area contributed by atoms with E-state index in [4.69, 9.17) is 0 Å². The van der Waals surface area contributed by atoms with E-state index >= 15 is 0 Å². The highest BCUT2D eigenvalue weighted by molar-refractivity contribution is 7.89. The van der Waals surface area contributed by atoms with E-state index in [1.165, 1.54) is 16.4 Å². The van der Waals surface area contributed by atoms with Gasteiger partial charge in [-0.15, -0.1) is 0 Å². The number of nitro benzene ring substituents is 1. The lowest BCUT2D eigenvalue weighted by molar-refractivity contribution is -0.384. The van der Waals surface area contributed by atoms with Gasteiger partial charge in [0.1, 0.15) is 5.69 Å². The summed E-state index contributed by atoms with van der Waals surface area (Å²) in [6, 6.07) is 17.2. The van der Waals surface area contributed by atoms with Crippen LogP contribution in [-0.2, 0) is 14.8 Å². The van der Waals surface area contributed by atoms with E-state index < -0.39 is 20.9 Å². The Morgan fingerprint density at radius 1 is 1.03 bits per heavy atom. The molecule has 1 amide bonds. The van der Waals surface area contributed by atoms with Crippen molar-refractivity contribution in [3.05, 3.63) is 76.3 Å². The Kier molecular flexibility index (Phi) is 5.94. The van der Waals surface area contributed by atoms with Crippen molar-refractivity contribution in [2.75, 3.05) is 18.4 Å². The van der Waals surface area contributed by atoms with Crippen LogP contribution in [0.25, 0.3) is 10.8 Å². The standard InChI is InChI=1S/C23H23N3O5S/c1-16-6-9-21(22(14-16)26(28)29)24-23(27)18-10-12-25(13-11-18)32(30,31)20-8-7-17-4-2-3-5-19(17)15-20/h2-9,14-15,18H,10-13H2,1H3,(H,24,27). The molecular formula is C23H23N3O5S. The van der Waals surface area contributed by atoms with Crippen LogP contribution in [-0.4, -0.2) is 36.6 Å². The van der Waals surface area contributed by atoms with Crippen LogP contribution in [0.2, 0.25) is 0 Å². The van der Waals surface area contributed by atoms with Gasteiger partial charge in [-0.25, -0.2) is 8.42 Å². The minimum atomic E-state index is -3.67. The molecular weight excluding hydrogens is 430 g/mol. The first-order valence-electron chi connectivity index (χ1n) is 10.3. The van der Waals surface area contributed by atoms with E-state index in [9.17, 15) is 23.3 Å². The molecule has 0 saturated carbocycles. The smallest absolute Gasteiger partial charge is 0.293 e. The summed E-state index contributed by atoms with van der Waals surface area (Å²) in [6.07, 6.45) is 0.691. The molecule has 9 heteroatoms. The van der Waals surface area contributed by atoms with Crippen molar-refractivity contribution in [1.82, 2.24) is 4.31 Å². The zero-order valence-corrected chi connectivity index (χ0v) is 18.3. The molecule has 1 aliphatic heterocycles.